The van der Waals surface area contributed by atoms with E-state index in [9.17, 15) is 15.0 Å². The minimum Gasteiger partial charge on any atom is -0.550 e. The van der Waals surface area contributed by atoms with Crippen LogP contribution < -0.4 is 5.11 Å². The molecule has 0 aliphatic rings. The maximum absolute atomic E-state index is 10.9. The lowest BCUT2D eigenvalue weighted by atomic mass is 9.86. The first-order valence-electron chi connectivity index (χ1n) is 5.93. The Labute approximate surface area is 108 Å². The summed E-state index contributed by atoms with van der Waals surface area (Å²) in [5, 5.41) is 21.6. The molecule has 0 aromatic heterocycles. The van der Waals surface area contributed by atoms with Crippen LogP contribution in [0.2, 0.25) is 0 Å². The van der Waals surface area contributed by atoms with Gasteiger partial charge in [-0.25, -0.2) is 0 Å². The van der Waals surface area contributed by atoms with E-state index in [2.05, 4.69) is 0 Å². The van der Waals surface area contributed by atoms with Gasteiger partial charge in [-0.1, -0.05) is 24.3 Å². The van der Waals surface area contributed by atoms with Crippen molar-refractivity contribution in [2.45, 2.75) is 18.9 Å². The van der Waals surface area contributed by atoms with Crippen LogP contribution >= 0.6 is 0 Å². The Hall–Kier alpha value is -1.39. The molecule has 1 aromatic rings. The summed E-state index contributed by atoms with van der Waals surface area (Å²) in [7, 11) is 5.75. The first-order valence-corrected chi connectivity index (χ1v) is 5.93. The van der Waals surface area contributed by atoms with Crippen molar-refractivity contribution in [3.05, 3.63) is 35.4 Å². The third-order valence-electron chi connectivity index (χ3n) is 2.82. The molecule has 1 N–H and O–H groups in total. The number of carbonyl (C=O) groups excluding carboxylic acids is 1. The monoisotopic (exact) mass is 251 g/mol. The largest absolute Gasteiger partial charge is 0.550 e. The van der Waals surface area contributed by atoms with Crippen LogP contribution in [-0.4, -0.2) is 43.2 Å². The molecule has 4 nitrogen and oxygen atoms in total. The van der Waals surface area contributed by atoms with E-state index in [1.54, 1.807) is 12.1 Å². The Balaban J connectivity index is 3.20. The summed E-state index contributed by atoms with van der Waals surface area (Å²) < 4.78 is 0.470. The van der Waals surface area contributed by atoms with E-state index in [1.165, 1.54) is 0 Å². The topological polar surface area (TPSA) is 60.4 Å². The van der Waals surface area contributed by atoms with E-state index in [-0.39, 0.29) is 0 Å². The van der Waals surface area contributed by atoms with E-state index in [0.29, 0.717) is 16.6 Å². The average Bonchev–Trinajstić information content (AvgIpc) is 2.13. The van der Waals surface area contributed by atoms with Gasteiger partial charge in [-0.3, -0.25) is 0 Å². The summed E-state index contributed by atoms with van der Waals surface area (Å²) in [6.45, 7) is 2.18. The van der Waals surface area contributed by atoms with Crippen molar-refractivity contribution in [3.63, 3.8) is 0 Å². The maximum atomic E-state index is 10.9. The highest BCUT2D eigenvalue weighted by atomic mass is 16.4. The molecular formula is C14H21NO3. The summed E-state index contributed by atoms with van der Waals surface area (Å²) in [5.74, 6) is -1.24. The molecule has 0 bridgehead atoms. The highest BCUT2D eigenvalue weighted by molar-refractivity contribution is 5.66. The highest BCUT2D eigenvalue weighted by Crippen LogP contribution is 2.29. The van der Waals surface area contributed by atoms with Crippen LogP contribution in [0.15, 0.2) is 24.3 Å². The molecule has 0 heterocycles. The second kappa shape index (κ2) is 5.08. The summed E-state index contributed by atoms with van der Waals surface area (Å²) in [6, 6.07) is 7.31. The summed E-state index contributed by atoms with van der Waals surface area (Å²) in [5.41, 5.74) is 0.138. The molecule has 18 heavy (non-hydrogen) atoms. The smallest absolute Gasteiger partial charge is 0.144 e. The van der Waals surface area contributed by atoms with E-state index < -0.39 is 18.0 Å². The molecule has 0 amide bonds. The number of likely N-dealkylation sites (N-methyl/N-ethyl adjacent to an activating group) is 1. The molecule has 1 rings (SSSR count). The zero-order valence-corrected chi connectivity index (χ0v) is 11.4. The molecule has 0 radical (unpaired) electrons. The van der Waals surface area contributed by atoms with E-state index in [4.69, 9.17) is 0 Å². The molecule has 0 fully saturated rings. The Morgan fingerprint density at radius 2 is 1.89 bits per heavy atom. The Morgan fingerprint density at radius 3 is 2.33 bits per heavy atom. The Kier molecular flexibility index (Phi) is 4.14. The molecular weight excluding hydrogens is 230 g/mol. The number of carboxylic acid groups (broad SMARTS) is 1. The number of carboxylic acids is 1. The van der Waals surface area contributed by atoms with Crippen LogP contribution in [0.4, 0.5) is 0 Å². The fraction of sp³-hybridized carbons (Fsp3) is 0.500. The second-order valence-electron chi connectivity index (χ2n) is 5.84. The summed E-state index contributed by atoms with van der Waals surface area (Å²) >= 11 is 0. The molecule has 0 saturated heterocycles. The number of quaternary nitrogens is 1. The number of hydrogen-bond acceptors (Lipinski definition) is 3. The molecule has 0 spiro atoms. The van der Waals surface area contributed by atoms with E-state index in [1.807, 2.05) is 40.2 Å². The van der Waals surface area contributed by atoms with Gasteiger partial charge in [0.05, 0.1) is 21.1 Å². The fourth-order valence-electron chi connectivity index (χ4n) is 2.35. The third-order valence-corrected chi connectivity index (χ3v) is 2.82. The van der Waals surface area contributed by atoms with Crippen molar-refractivity contribution in [1.29, 1.82) is 0 Å². The Morgan fingerprint density at radius 1 is 1.33 bits per heavy atom. The zero-order chi connectivity index (χ0) is 14.0. The van der Waals surface area contributed by atoms with Gasteiger partial charge in [0, 0.05) is 12.4 Å². The van der Waals surface area contributed by atoms with Gasteiger partial charge in [-0.15, -0.1) is 0 Å². The minimum atomic E-state index is -1.40. The maximum Gasteiger partial charge on any atom is 0.144 e. The van der Waals surface area contributed by atoms with Gasteiger partial charge >= 0.3 is 0 Å². The SMILES string of the molecule is Cc1ccccc1C(O)(CC(=O)[O-])C[N+](C)(C)C. The number of aliphatic carboxylic acids is 1. The molecule has 4 heteroatoms. The summed E-state index contributed by atoms with van der Waals surface area (Å²) in [6.07, 6.45) is -0.395. The Bertz CT molecular complexity index is 437. The van der Waals surface area contributed by atoms with Gasteiger partial charge in [0.25, 0.3) is 0 Å². The molecule has 1 unspecified atom stereocenters. The predicted molar refractivity (Wildman–Crippen MR) is 67.6 cm³/mol. The van der Waals surface area contributed by atoms with Crippen LogP contribution in [0.1, 0.15) is 17.5 Å². The normalized spacial score (nSPS) is 15.2. The predicted octanol–water partition coefficient (Wildman–Crippen LogP) is 0.0288. The number of hydrogen-bond donors (Lipinski definition) is 1. The number of nitrogens with zero attached hydrogens (tertiary/aromatic N) is 1. The van der Waals surface area contributed by atoms with E-state index in [0.717, 1.165) is 5.56 Å². The van der Waals surface area contributed by atoms with Crippen molar-refractivity contribution in [3.8, 4) is 0 Å². The second-order valence-corrected chi connectivity index (χ2v) is 5.84. The van der Waals surface area contributed by atoms with Crippen molar-refractivity contribution in [2.75, 3.05) is 27.7 Å². The molecule has 100 valence electrons. The summed E-state index contributed by atoms with van der Waals surface area (Å²) in [4.78, 5) is 10.9. The molecule has 1 atom stereocenters. The van der Waals surface area contributed by atoms with Crippen LogP contribution in [0, 0.1) is 6.92 Å². The van der Waals surface area contributed by atoms with Gasteiger partial charge in [0.15, 0.2) is 0 Å². The van der Waals surface area contributed by atoms with Gasteiger partial charge in [-0.05, 0) is 18.1 Å². The zero-order valence-electron chi connectivity index (χ0n) is 11.4. The molecule has 0 aliphatic carbocycles. The first-order chi connectivity index (χ1) is 8.14. The third kappa shape index (κ3) is 3.82. The molecule has 1 aromatic carbocycles. The number of aliphatic hydroxyl groups is 1. The lowest BCUT2D eigenvalue weighted by Gasteiger charge is -2.37. The van der Waals surface area contributed by atoms with Crippen molar-refractivity contribution < 1.29 is 19.5 Å². The van der Waals surface area contributed by atoms with E-state index >= 15 is 0 Å². The molecule has 0 saturated carbocycles. The van der Waals surface area contributed by atoms with Crippen LogP contribution in [0.5, 0.6) is 0 Å². The van der Waals surface area contributed by atoms with Crippen LogP contribution in [-0.2, 0) is 10.4 Å². The van der Waals surface area contributed by atoms with Crippen LogP contribution in [0.3, 0.4) is 0 Å². The minimum absolute atomic E-state index is 0.311. The molecule has 0 aliphatic heterocycles. The van der Waals surface area contributed by atoms with Crippen molar-refractivity contribution >= 4 is 5.97 Å². The quantitative estimate of drug-likeness (QED) is 0.751. The number of aryl methyl sites for hydroxylation is 1. The van der Waals surface area contributed by atoms with Gasteiger partial charge in [0.2, 0.25) is 0 Å². The fourth-order valence-corrected chi connectivity index (χ4v) is 2.35. The van der Waals surface area contributed by atoms with Crippen LogP contribution in [0.25, 0.3) is 0 Å². The standard InChI is InChI=1S/C14H21NO3/c1-11-7-5-6-8-12(11)14(18,9-13(16)17)10-15(2,3)4/h5-8,18H,9-10H2,1-4H3. The average molecular weight is 251 g/mol. The number of benzene rings is 1. The first kappa shape index (κ1) is 14.7. The van der Waals surface area contributed by atoms with Gasteiger partial charge in [0.1, 0.15) is 12.1 Å². The van der Waals surface area contributed by atoms with Gasteiger partial charge in [-0.2, -0.15) is 0 Å². The lowest BCUT2D eigenvalue weighted by Crippen LogP contribution is -2.50. The lowest BCUT2D eigenvalue weighted by molar-refractivity contribution is -0.878. The van der Waals surface area contributed by atoms with Crippen molar-refractivity contribution in [1.82, 2.24) is 0 Å². The highest BCUT2D eigenvalue weighted by Gasteiger charge is 2.36. The number of rotatable bonds is 5. The number of carbonyl (C=O) groups is 1. The van der Waals surface area contributed by atoms with Crippen molar-refractivity contribution in [2.24, 2.45) is 0 Å². The van der Waals surface area contributed by atoms with Gasteiger partial charge < -0.3 is 19.5 Å².